The van der Waals surface area contributed by atoms with Gasteiger partial charge in [0.25, 0.3) is 0 Å². The highest BCUT2D eigenvalue weighted by molar-refractivity contribution is 7.47. The van der Waals surface area contributed by atoms with E-state index in [2.05, 4.69) is 27.4 Å². The van der Waals surface area contributed by atoms with Crippen LogP contribution in [0.1, 0.15) is 200 Å². The fraction of sp³-hybridized carbons (Fsp3) is 0.951. The van der Waals surface area contributed by atoms with Crippen LogP contribution in [0, 0.1) is 0 Å². The molecule has 7 N–H and O–H groups in total. The minimum atomic E-state index is -6.14. The Hall–Kier alpha value is -1.00. The maximum atomic E-state index is 13.2. The van der Waals surface area contributed by atoms with Gasteiger partial charge in [0, 0.05) is 12.8 Å². The molecule has 1 saturated carbocycles. The van der Waals surface area contributed by atoms with Crippen molar-refractivity contribution in [3.63, 3.8) is 0 Å². The van der Waals surface area contributed by atoms with Crippen molar-refractivity contribution in [2.45, 2.75) is 236 Å². The largest absolute Gasteiger partial charge is 0.472 e. The van der Waals surface area contributed by atoms with Gasteiger partial charge in [0.15, 0.2) is 6.08 Å². The molecule has 1 aliphatic rings. The zero-order valence-electron chi connectivity index (χ0n) is 40.5. The van der Waals surface area contributed by atoms with Crippen molar-refractivity contribution in [1.82, 2.24) is 0 Å². The van der Waals surface area contributed by atoms with E-state index in [-0.39, 0.29) is 19.3 Å². The van der Waals surface area contributed by atoms with Crippen molar-refractivity contribution in [2.75, 3.05) is 13.1 Å². The van der Waals surface area contributed by atoms with Crippen LogP contribution in [0.2, 0.25) is 0 Å². The maximum Gasteiger partial charge on any atom is 0.472 e. The normalized spacial score (nSPS) is 24.8. The molecule has 0 aliphatic heterocycles. The number of carbonyl (C=O) groups excluding carboxylic acids is 2. The van der Waals surface area contributed by atoms with Gasteiger partial charge in [-0.3, -0.25) is 23.2 Å². The first-order chi connectivity index (χ1) is 29.9. The number of aliphatic hydroxyl groups excluding tert-OH is 4. The van der Waals surface area contributed by atoms with Crippen LogP contribution in [0.5, 0.6) is 0 Å². The molecule has 4 unspecified atom stereocenters. The lowest BCUT2D eigenvalue weighted by molar-refractivity contribution is -0.216. The van der Waals surface area contributed by atoms with Gasteiger partial charge in [-0.25, -0.2) is 9.13 Å². The second kappa shape index (κ2) is 33.5. The average Bonchev–Trinajstić information content (AvgIpc) is 3.19. The Morgan fingerprint density at radius 1 is 0.525 bits per heavy atom. The lowest BCUT2D eigenvalue weighted by atomic mass is 9.85. The topological polar surface area (TPSA) is 256 Å². The first-order valence-electron chi connectivity index (χ1n) is 24.6. The van der Waals surface area contributed by atoms with Crippen molar-refractivity contribution in [2.24, 2.45) is 0 Å². The van der Waals surface area contributed by atoms with Gasteiger partial charge in [-0.1, -0.05) is 168 Å². The third kappa shape index (κ3) is 28.3. The fourth-order valence-corrected chi connectivity index (χ4v) is 8.18. The van der Waals surface area contributed by atoms with E-state index in [1.54, 1.807) is 0 Å². The van der Waals surface area contributed by atoms with Crippen LogP contribution in [-0.4, -0.2) is 103 Å². The second-order valence-electron chi connectivity index (χ2n) is 15.6. The zero-order valence-corrected chi connectivity index (χ0v) is 37.3. The van der Waals surface area contributed by atoms with Gasteiger partial charge in [-0.05, 0) is 12.8 Å². The van der Waals surface area contributed by atoms with Crippen LogP contribution in [-0.2, 0) is 41.8 Å². The number of unbranched alkanes of at least 4 members (excludes halogenated alkanes) is 24. The molecular weight excluding hydrogens is 810 g/mol. The van der Waals surface area contributed by atoms with Crippen molar-refractivity contribution >= 4 is 27.6 Å². The van der Waals surface area contributed by atoms with Gasteiger partial charge in [-0.15, -0.1) is 0 Å². The molecule has 0 aromatic carbocycles. The maximum absolute atomic E-state index is 13.2. The van der Waals surface area contributed by atoms with Crippen LogP contribution < -0.4 is 0 Å². The summed E-state index contributed by atoms with van der Waals surface area (Å²) in [6, 6.07) is 0. The summed E-state index contributed by atoms with van der Waals surface area (Å²) in [5.74, 6) is -2.57. The summed E-state index contributed by atoms with van der Waals surface area (Å²) in [4.78, 5) is 54.8. The number of esters is 2. The van der Waals surface area contributed by atoms with Gasteiger partial charge < -0.3 is 44.6 Å². The van der Waals surface area contributed by atoms with E-state index in [4.69, 9.17) is 26.1 Å². The molecule has 8 atom stereocenters. The average molecular weight is 896 g/mol. The van der Waals surface area contributed by atoms with Gasteiger partial charge in [0.05, 0.1) is 13.4 Å². The molecule has 1 aliphatic carbocycles. The standard InChI is InChI=1S/C41H80O16P2/c1-3-5-7-9-11-13-15-17-19-21-23-25-27-29-34(42)53-31-33(55-35(43)30-28-26-24-22-20-18-16-14-12-10-8-6-4-2)32-54-59(51,52)57-41-38(46)36(44)40(37(45)39(41)47)56-58(48,49)50/h33,36-41,44-47H,3-32H2,1-2H3,(H,51,52)(H2,48,49,50)/t33?,36-,37+,38-,39-,40?,41?/m1/s1/i31D2,32D2,33D. The van der Waals surface area contributed by atoms with E-state index in [9.17, 15) is 44.0 Å². The fourth-order valence-electron chi connectivity index (χ4n) is 6.82. The number of phosphoric acid groups is 2. The number of hydrogen-bond donors (Lipinski definition) is 7. The second-order valence-corrected chi connectivity index (χ2v) is 18.1. The van der Waals surface area contributed by atoms with Crippen molar-refractivity contribution in [3.05, 3.63) is 0 Å². The van der Waals surface area contributed by atoms with Crippen LogP contribution >= 0.6 is 15.6 Å². The van der Waals surface area contributed by atoms with Gasteiger partial charge in [-0.2, -0.15) is 0 Å². The molecule has 59 heavy (non-hydrogen) atoms. The Morgan fingerprint density at radius 2 is 0.847 bits per heavy atom. The molecule has 350 valence electrons. The Morgan fingerprint density at radius 3 is 1.20 bits per heavy atom. The Kier molecular flexibility index (Phi) is 27.0. The number of hydrogen-bond acceptors (Lipinski definition) is 13. The van der Waals surface area contributed by atoms with Crippen LogP contribution in [0.3, 0.4) is 0 Å². The van der Waals surface area contributed by atoms with E-state index in [1.807, 2.05) is 0 Å². The van der Waals surface area contributed by atoms with E-state index in [1.165, 1.54) is 77.0 Å². The summed E-state index contributed by atoms with van der Waals surface area (Å²) in [5, 5.41) is 41.6. The monoisotopic (exact) mass is 896 g/mol. The van der Waals surface area contributed by atoms with Crippen LogP contribution in [0.15, 0.2) is 0 Å². The highest BCUT2D eigenvalue weighted by Crippen LogP contribution is 2.48. The van der Waals surface area contributed by atoms with Crippen LogP contribution in [0.25, 0.3) is 0 Å². The summed E-state index contributed by atoms with van der Waals surface area (Å²) >= 11 is 0. The quantitative estimate of drug-likeness (QED) is 0.0177. The van der Waals surface area contributed by atoms with Gasteiger partial charge >= 0.3 is 27.6 Å². The molecule has 1 fully saturated rings. The summed E-state index contributed by atoms with van der Waals surface area (Å²) in [6.07, 6.45) is 6.22. The van der Waals surface area contributed by atoms with E-state index in [0.717, 1.165) is 64.2 Å². The SMILES string of the molecule is [2H]C([2H])(OC(=O)CCCCCCCCCCCCCCC)C([2H])(OC(=O)CCCCCCCCCCCCCCC)C([2H])([2H])OP(=O)(O)OC1[C@H](O)[C@H](O)C(OP(=O)(O)O)[C@H](O)[C@H]1O. The predicted molar refractivity (Wildman–Crippen MR) is 223 cm³/mol. The highest BCUT2D eigenvalue weighted by Gasteiger charge is 2.54. The molecule has 1 rings (SSSR count). The molecule has 0 radical (unpaired) electrons. The smallest absolute Gasteiger partial charge is 0.462 e. The zero-order chi connectivity index (χ0) is 48.5. The molecule has 0 amide bonds. The molecule has 0 aromatic heterocycles. The first kappa shape index (κ1) is 47.5. The van der Waals surface area contributed by atoms with Gasteiger partial charge in [0.1, 0.15) is 43.2 Å². The summed E-state index contributed by atoms with van der Waals surface area (Å²) < 4.78 is 90.5. The highest BCUT2D eigenvalue weighted by atomic mass is 31.2. The number of ether oxygens (including phenoxy) is 2. The summed E-state index contributed by atoms with van der Waals surface area (Å²) in [5.41, 5.74) is 0. The van der Waals surface area contributed by atoms with Crippen molar-refractivity contribution in [3.8, 4) is 0 Å². The summed E-state index contributed by atoms with van der Waals surface area (Å²) in [6.45, 7) is -3.76. The summed E-state index contributed by atoms with van der Waals surface area (Å²) in [7, 11) is -11.6. The van der Waals surface area contributed by atoms with Crippen molar-refractivity contribution in [1.29, 1.82) is 0 Å². The Balaban J connectivity index is 2.97. The lowest BCUT2D eigenvalue weighted by Crippen LogP contribution is -2.64. The lowest BCUT2D eigenvalue weighted by Gasteiger charge is -2.43. The third-order valence-electron chi connectivity index (χ3n) is 10.3. The van der Waals surface area contributed by atoms with E-state index < -0.39 is 89.8 Å². The number of phosphoric ester groups is 2. The molecule has 0 aromatic rings. The minimum Gasteiger partial charge on any atom is -0.462 e. The molecule has 0 bridgehead atoms. The molecule has 0 spiro atoms. The minimum absolute atomic E-state index is 0.189. The molecule has 0 saturated heterocycles. The third-order valence-corrected chi connectivity index (χ3v) is 11.6. The predicted octanol–water partition coefficient (Wildman–Crippen LogP) is 7.84. The van der Waals surface area contributed by atoms with E-state index in [0.29, 0.717) is 12.8 Å². The molecule has 0 heterocycles. The Labute approximate surface area is 360 Å². The Bertz CT molecular complexity index is 1380. The molecular formula is C41H80O16P2. The number of aliphatic hydroxyl groups is 4. The van der Waals surface area contributed by atoms with Crippen molar-refractivity contribution < 1.29 is 83.7 Å². The van der Waals surface area contributed by atoms with Gasteiger partial charge in [0.2, 0.25) is 0 Å². The molecule has 16 nitrogen and oxygen atoms in total. The van der Waals surface area contributed by atoms with Crippen LogP contribution in [0.4, 0.5) is 0 Å². The molecule has 18 heteroatoms. The first-order valence-corrected chi connectivity index (χ1v) is 25.1. The number of rotatable bonds is 38. The number of carbonyl (C=O) groups is 2. The van der Waals surface area contributed by atoms with E-state index >= 15 is 0 Å².